The minimum absolute atomic E-state index is 0.159. The fourth-order valence-corrected chi connectivity index (χ4v) is 6.55. The molecule has 2 aromatic carbocycles. The molecule has 2 aliphatic carbocycles. The first-order valence-corrected chi connectivity index (χ1v) is 12.2. The van der Waals surface area contributed by atoms with Crippen LogP contribution in [0.3, 0.4) is 0 Å². The van der Waals surface area contributed by atoms with Gasteiger partial charge in [0.1, 0.15) is 6.54 Å². The summed E-state index contributed by atoms with van der Waals surface area (Å²) < 4.78 is 28.2. The molecule has 2 bridgehead atoms. The lowest BCUT2D eigenvalue weighted by Crippen LogP contribution is -2.46. The number of fused-ring (bicyclic) bond motifs is 2. The fraction of sp³-hybridized carbons (Fsp3) is 0.435. The van der Waals surface area contributed by atoms with Crippen molar-refractivity contribution in [1.29, 1.82) is 0 Å². The lowest BCUT2D eigenvalue weighted by atomic mass is 9.95. The summed E-state index contributed by atoms with van der Waals surface area (Å²) in [6, 6.07) is 11.9. The minimum Gasteiger partial charge on any atom is -0.352 e. The average molecular weight is 447 g/mol. The number of anilines is 1. The number of nitrogens with zero attached hydrogens (tertiary/aromatic N) is 1. The Hall–Kier alpha value is -2.05. The highest BCUT2D eigenvalue weighted by molar-refractivity contribution is 7.92. The molecule has 0 aromatic heterocycles. The van der Waals surface area contributed by atoms with Gasteiger partial charge in [0.25, 0.3) is 10.0 Å². The van der Waals surface area contributed by atoms with Gasteiger partial charge >= 0.3 is 0 Å². The molecule has 1 amide bonds. The van der Waals surface area contributed by atoms with E-state index in [1.807, 2.05) is 6.92 Å². The van der Waals surface area contributed by atoms with Crippen molar-refractivity contribution in [2.24, 2.45) is 11.8 Å². The second-order valence-corrected chi connectivity index (χ2v) is 10.9. The van der Waals surface area contributed by atoms with Crippen molar-refractivity contribution in [3.8, 4) is 0 Å². The number of hydrogen-bond acceptors (Lipinski definition) is 3. The topological polar surface area (TPSA) is 66.5 Å². The zero-order valence-corrected chi connectivity index (χ0v) is 18.8. The molecule has 0 radical (unpaired) electrons. The molecule has 0 aliphatic heterocycles. The van der Waals surface area contributed by atoms with Gasteiger partial charge in [0.05, 0.1) is 10.6 Å². The van der Waals surface area contributed by atoms with Gasteiger partial charge in [-0.05, 0) is 80.8 Å². The van der Waals surface area contributed by atoms with Crippen molar-refractivity contribution in [2.75, 3.05) is 10.8 Å². The van der Waals surface area contributed by atoms with E-state index < -0.39 is 10.0 Å². The van der Waals surface area contributed by atoms with Crippen molar-refractivity contribution in [3.05, 3.63) is 58.6 Å². The molecule has 0 heterocycles. The maximum atomic E-state index is 13.5. The summed E-state index contributed by atoms with van der Waals surface area (Å²) in [5.74, 6) is 0.960. The summed E-state index contributed by atoms with van der Waals surface area (Å²) >= 11 is 6.08. The third-order valence-electron chi connectivity index (χ3n) is 6.41. The molecular formula is C23H27ClN2O3S. The summed E-state index contributed by atoms with van der Waals surface area (Å²) in [5, 5.41) is 3.63. The van der Waals surface area contributed by atoms with E-state index in [1.165, 1.54) is 17.1 Å². The van der Waals surface area contributed by atoms with Gasteiger partial charge in [-0.1, -0.05) is 35.7 Å². The first kappa shape index (κ1) is 21.2. The number of nitrogens with one attached hydrogen (secondary N) is 1. The van der Waals surface area contributed by atoms with Crippen LogP contribution in [0, 0.1) is 25.7 Å². The van der Waals surface area contributed by atoms with Crippen LogP contribution in [-0.2, 0) is 14.8 Å². The molecule has 2 saturated carbocycles. The molecule has 3 atom stereocenters. The number of halogens is 1. The predicted molar refractivity (Wildman–Crippen MR) is 119 cm³/mol. The average Bonchev–Trinajstić information content (AvgIpc) is 3.30. The van der Waals surface area contributed by atoms with Crippen LogP contribution in [0.5, 0.6) is 0 Å². The number of sulfonamides is 1. The standard InChI is InChI=1S/C23H27ClN2O3S/c1-15-3-8-20(9-4-15)30(28,29)26(22-10-7-19(24)11-16(22)2)14-23(27)25-21-13-17-5-6-18(21)12-17/h3-4,7-11,17-18,21H,5-6,12-14H2,1-2H3,(H,25,27)/t17-,18+,21+/m0/s1. The van der Waals surface area contributed by atoms with Crippen molar-refractivity contribution in [1.82, 2.24) is 5.32 Å². The zero-order valence-electron chi connectivity index (χ0n) is 17.3. The van der Waals surface area contributed by atoms with E-state index in [9.17, 15) is 13.2 Å². The summed E-state index contributed by atoms with van der Waals surface area (Å²) in [6.45, 7) is 3.44. The van der Waals surface area contributed by atoms with Gasteiger partial charge in [0, 0.05) is 11.1 Å². The van der Waals surface area contributed by atoms with Crippen LogP contribution in [0.15, 0.2) is 47.4 Å². The summed E-state index contributed by atoms with van der Waals surface area (Å²) in [7, 11) is -3.92. The number of carbonyl (C=O) groups is 1. The molecule has 2 aliphatic rings. The smallest absolute Gasteiger partial charge is 0.264 e. The molecule has 0 saturated heterocycles. The highest BCUT2D eigenvalue weighted by Gasteiger charge is 2.40. The molecule has 160 valence electrons. The molecule has 0 unspecified atom stereocenters. The number of aryl methyl sites for hydroxylation is 2. The van der Waals surface area contributed by atoms with E-state index in [4.69, 9.17) is 11.6 Å². The van der Waals surface area contributed by atoms with Crippen LogP contribution in [0.25, 0.3) is 0 Å². The number of benzene rings is 2. The lowest BCUT2D eigenvalue weighted by molar-refractivity contribution is -0.120. The summed E-state index contributed by atoms with van der Waals surface area (Å²) in [4.78, 5) is 13.1. The van der Waals surface area contributed by atoms with Crippen LogP contribution in [-0.4, -0.2) is 26.9 Å². The molecule has 1 N–H and O–H groups in total. The second kappa shape index (κ2) is 8.23. The Balaban J connectivity index is 1.63. The van der Waals surface area contributed by atoms with Crippen molar-refractivity contribution in [2.45, 2.75) is 50.5 Å². The quantitative estimate of drug-likeness (QED) is 0.712. The van der Waals surface area contributed by atoms with Gasteiger partial charge in [-0.3, -0.25) is 9.10 Å². The predicted octanol–water partition coefficient (Wildman–Crippen LogP) is 4.46. The first-order valence-electron chi connectivity index (χ1n) is 10.4. The van der Waals surface area contributed by atoms with Gasteiger partial charge in [-0.25, -0.2) is 8.42 Å². The number of rotatable bonds is 6. The van der Waals surface area contributed by atoms with E-state index in [1.54, 1.807) is 49.4 Å². The molecule has 5 nitrogen and oxygen atoms in total. The van der Waals surface area contributed by atoms with Gasteiger partial charge in [-0.2, -0.15) is 0 Å². The van der Waals surface area contributed by atoms with Crippen molar-refractivity contribution >= 4 is 33.2 Å². The Labute approximate surface area is 183 Å². The monoisotopic (exact) mass is 446 g/mol. The first-order chi connectivity index (χ1) is 14.2. The molecule has 0 spiro atoms. The van der Waals surface area contributed by atoms with E-state index in [0.29, 0.717) is 28.1 Å². The second-order valence-electron chi connectivity index (χ2n) is 8.60. The van der Waals surface area contributed by atoms with E-state index >= 15 is 0 Å². The summed E-state index contributed by atoms with van der Waals surface area (Å²) in [5.41, 5.74) is 2.13. The Morgan fingerprint density at radius 2 is 1.83 bits per heavy atom. The van der Waals surface area contributed by atoms with Crippen LogP contribution in [0.1, 0.15) is 36.8 Å². The van der Waals surface area contributed by atoms with E-state index in [2.05, 4.69) is 5.32 Å². The molecule has 2 aromatic rings. The molecule has 4 rings (SSSR count). The van der Waals surface area contributed by atoms with Crippen LogP contribution in [0.2, 0.25) is 5.02 Å². The van der Waals surface area contributed by atoms with Crippen molar-refractivity contribution < 1.29 is 13.2 Å². The Morgan fingerprint density at radius 1 is 1.10 bits per heavy atom. The van der Waals surface area contributed by atoms with Crippen LogP contribution < -0.4 is 9.62 Å². The highest BCUT2D eigenvalue weighted by Crippen LogP contribution is 2.44. The normalized spacial score (nSPS) is 22.8. The Morgan fingerprint density at radius 3 is 2.43 bits per heavy atom. The third kappa shape index (κ3) is 4.21. The number of amides is 1. The van der Waals surface area contributed by atoms with E-state index in [-0.39, 0.29) is 23.4 Å². The number of hydrogen-bond donors (Lipinski definition) is 1. The van der Waals surface area contributed by atoms with Gasteiger partial charge < -0.3 is 5.32 Å². The summed E-state index contributed by atoms with van der Waals surface area (Å²) in [6.07, 6.45) is 4.57. The van der Waals surface area contributed by atoms with Crippen molar-refractivity contribution in [3.63, 3.8) is 0 Å². The number of carbonyl (C=O) groups excluding carboxylic acids is 1. The third-order valence-corrected chi connectivity index (χ3v) is 8.42. The fourth-order valence-electron chi connectivity index (χ4n) is 4.84. The van der Waals surface area contributed by atoms with Crippen LogP contribution >= 0.6 is 11.6 Å². The van der Waals surface area contributed by atoms with Gasteiger partial charge in [0.2, 0.25) is 5.91 Å². The zero-order chi connectivity index (χ0) is 21.5. The largest absolute Gasteiger partial charge is 0.352 e. The Bertz CT molecular complexity index is 1050. The molecule has 30 heavy (non-hydrogen) atoms. The highest BCUT2D eigenvalue weighted by atomic mass is 35.5. The lowest BCUT2D eigenvalue weighted by Gasteiger charge is -2.28. The van der Waals surface area contributed by atoms with E-state index in [0.717, 1.165) is 18.4 Å². The van der Waals surface area contributed by atoms with Gasteiger partial charge in [0.15, 0.2) is 0 Å². The van der Waals surface area contributed by atoms with Gasteiger partial charge in [-0.15, -0.1) is 0 Å². The SMILES string of the molecule is Cc1ccc(S(=O)(=O)N(CC(=O)N[C@@H]2C[C@H]3CC[C@@H]2C3)c2ccc(Cl)cc2C)cc1. The Kier molecular flexibility index (Phi) is 5.82. The van der Waals surface area contributed by atoms with Crippen LogP contribution in [0.4, 0.5) is 5.69 Å². The maximum Gasteiger partial charge on any atom is 0.264 e. The molecular weight excluding hydrogens is 420 g/mol. The molecule has 2 fully saturated rings. The maximum absolute atomic E-state index is 13.5. The minimum atomic E-state index is -3.92. The molecule has 7 heteroatoms.